The highest BCUT2D eigenvalue weighted by atomic mass is 16.7. The van der Waals surface area contributed by atoms with E-state index < -0.39 is 58.4 Å². The first-order chi connectivity index (χ1) is 31.1. The smallest absolute Gasteiger partial charge is 0.352 e. The highest BCUT2D eigenvalue weighted by Crippen LogP contribution is 2.58. The van der Waals surface area contributed by atoms with Crippen LogP contribution in [-0.4, -0.2) is 122 Å². The predicted octanol–water partition coefficient (Wildman–Crippen LogP) is 4.41. The second-order valence-corrected chi connectivity index (χ2v) is 18.8. The summed E-state index contributed by atoms with van der Waals surface area (Å²) in [5.74, 6) is 0.720. The summed E-state index contributed by atoms with van der Waals surface area (Å²) in [5.41, 5.74) is 0.129. The number of cyclic esters (lactones) is 2. The van der Waals surface area contributed by atoms with Gasteiger partial charge in [-0.25, -0.2) is 9.59 Å². The monoisotopic (exact) mass is 878 g/mol. The number of hydrogen-bond donors (Lipinski definition) is 0. The van der Waals surface area contributed by atoms with E-state index in [0.29, 0.717) is 34.5 Å². The highest BCUT2D eigenvalue weighted by molar-refractivity contribution is 5.95. The van der Waals surface area contributed by atoms with Crippen LogP contribution in [0.5, 0.6) is 23.0 Å². The van der Waals surface area contributed by atoms with Gasteiger partial charge in [0.1, 0.15) is 11.5 Å². The Morgan fingerprint density at radius 2 is 1.05 bits per heavy atom. The first-order valence-electron chi connectivity index (χ1n) is 22.5. The van der Waals surface area contributed by atoms with E-state index in [2.05, 4.69) is 22.0 Å². The molecule has 0 N–H and O–H groups in total. The molecule has 2 aromatic rings. The molecular formula is C48H50N2O14. The third kappa shape index (κ3) is 5.72. The number of benzene rings is 2. The van der Waals surface area contributed by atoms with Gasteiger partial charge in [0, 0.05) is 25.9 Å². The molecule has 16 heteroatoms. The number of hydrogen-bond acceptors (Lipinski definition) is 16. The number of esters is 4. The summed E-state index contributed by atoms with van der Waals surface area (Å²) >= 11 is 0. The third-order valence-electron chi connectivity index (χ3n) is 15.7. The molecular weight excluding hydrogens is 829 g/mol. The highest BCUT2D eigenvalue weighted by Gasteiger charge is 2.63. The van der Waals surface area contributed by atoms with Gasteiger partial charge in [-0.2, -0.15) is 0 Å². The Kier molecular flexibility index (Phi) is 8.95. The summed E-state index contributed by atoms with van der Waals surface area (Å²) in [4.78, 5) is 58.8. The quantitative estimate of drug-likeness (QED) is 0.187. The van der Waals surface area contributed by atoms with E-state index in [4.69, 9.17) is 47.4 Å². The molecule has 10 aliphatic rings. The second kappa shape index (κ2) is 14.4. The van der Waals surface area contributed by atoms with Crippen LogP contribution in [0.4, 0.5) is 0 Å². The van der Waals surface area contributed by atoms with Gasteiger partial charge in [-0.05, 0) is 110 Å². The number of carbonyl (C=O) groups is 4. The maximum atomic E-state index is 14.4. The summed E-state index contributed by atoms with van der Waals surface area (Å²) in [5, 5.41) is 0. The van der Waals surface area contributed by atoms with Crippen molar-refractivity contribution in [2.45, 2.75) is 111 Å². The van der Waals surface area contributed by atoms with Crippen LogP contribution in [0.2, 0.25) is 0 Å². The summed E-state index contributed by atoms with van der Waals surface area (Å²) in [6, 6.07) is 8.10. The van der Waals surface area contributed by atoms with E-state index in [1.165, 1.54) is 0 Å². The van der Waals surface area contributed by atoms with E-state index in [1.54, 1.807) is 26.4 Å². The minimum atomic E-state index is -1.60. The maximum absolute atomic E-state index is 14.4. The normalized spacial score (nSPS) is 34.8. The van der Waals surface area contributed by atoms with Crippen molar-refractivity contribution in [3.05, 3.63) is 82.3 Å². The number of nitrogens with zero attached hydrogens (tertiary/aromatic N) is 2. The molecule has 2 spiro atoms. The summed E-state index contributed by atoms with van der Waals surface area (Å²) in [6.07, 6.45) is 10.8. The molecule has 16 nitrogen and oxygen atoms in total. The molecule has 0 aromatic heterocycles. The molecule has 0 unspecified atom stereocenters. The first kappa shape index (κ1) is 39.8. The minimum absolute atomic E-state index is 0.0287. The standard InChI is InChI=1S/C48H50N2O14/c1-55-35-21-45-9-5-13-49(45)15-7-27-17-31-33(59-25-57-31)19-29(27)39(45)41(35)61-43(53)47(23-37(51)63-47)11-3-4-12-48(24-38(52)64-48)44(54)62-42-36(56-2)22-46-10-6-14-50(46)16-8-28-18-32-34(60-26-58-32)20-30(28)40(42)46/h3-4,17-22,39-42H,5-16,23-26H2,1-2H3/b4-3+/t39-,40-,41-,42-,45+,46+,47-,48-/m1/s1. The van der Waals surface area contributed by atoms with E-state index in [1.807, 2.05) is 24.3 Å². The Bertz CT molecular complexity index is 2290. The average Bonchev–Trinajstić information content (AvgIpc) is 4.13. The summed E-state index contributed by atoms with van der Waals surface area (Å²) in [6.45, 7) is 3.71. The molecule has 4 saturated heterocycles. The fourth-order valence-corrected chi connectivity index (χ4v) is 12.7. The van der Waals surface area contributed by atoms with Crippen molar-refractivity contribution in [2.24, 2.45) is 0 Å². The van der Waals surface area contributed by atoms with Gasteiger partial charge in [0.2, 0.25) is 24.8 Å². The van der Waals surface area contributed by atoms with Crippen LogP contribution in [0, 0.1) is 0 Å². The van der Waals surface area contributed by atoms with Gasteiger partial charge in [-0.15, -0.1) is 0 Å². The lowest BCUT2D eigenvalue weighted by Crippen LogP contribution is -2.56. The fourth-order valence-electron chi connectivity index (χ4n) is 12.7. The van der Waals surface area contributed by atoms with Crippen LogP contribution in [0.3, 0.4) is 0 Å². The van der Waals surface area contributed by atoms with Gasteiger partial charge in [0.25, 0.3) is 0 Å². The van der Waals surface area contributed by atoms with Crippen LogP contribution in [0.25, 0.3) is 0 Å². The molecule has 12 rings (SSSR count). The Morgan fingerprint density at radius 1 is 0.641 bits per heavy atom. The number of ether oxygens (including phenoxy) is 10. The summed E-state index contributed by atoms with van der Waals surface area (Å²) in [7, 11) is 3.16. The van der Waals surface area contributed by atoms with Crippen LogP contribution < -0.4 is 18.9 Å². The van der Waals surface area contributed by atoms with Crippen molar-refractivity contribution in [2.75, 3.05) is 54.0 Å². The van der Waals surface area contributed by atoms with Crippen LogP contribution >= 0.6 is 0 Å². The molecule has 8 aliphatic heterocycles. The molecule has 64 heavy (non-hydrogen) atoms. The van der Waals surface area contributed by atoms with Crippen molar-refractivity contribution in [1.82, 2.24) is 9.80 Å². The van der Waals surface area contributed by atoms with Gasteiger partial charge >= 0.3 is 23.9 Å². The molecule has 2 aliphatic carbocycles. The Balaban J connectivity index is 0.788. The molecule has 2 aromatic carbocycles. The molecule has 8 atom stereocenters. The lowest BCUT2D eigenvalue weighted by Gasteiger charge is -2.42. The van der Waals surface area contributed by atoms with Crippen LogP contribution in [0.15, 0.2) is 60.1 Å². The molecule has 336 valence electrons. The summed E-state index contributed by atoms with van der Waals surface area (Å²) < 4.78 is 59.3. The van der Waals surface area contributed by atoms with Crippen molar-refractivity contribution in [1.29, 1.82) is 0 Å². The zero-order valence-corrected chi connectivity index (χ0v) is 35.9. The van der Waals surface area contributed by atoms with Crippen molar-refractivity contribution in [3.8, 4) is 23.0 Å². The van der Waals surface area contributed by atoms with Crippen LogP contribution in [-0.2, 0) is 60.4 Å². The number of carbonyl (C=O) groups excluding carboxylic acids is 4. The molecule has 8 heterocycles. The number of fused-ring (bicyclic) bond motifs is 6. The van der Waals surface area contributed by atoms with Crippen molar-refractivity contribution in [3.63, 3.8) is 0 Å². The first-order valence-corrected chi connectivity index (χ1v) is 22.5. The maximum Gasteiger partial charge on any atom is 0.352 e. The average molecular weight is 879 g/mol. The number of rotatable bonds is 10. The topological polar surface area (TPSA) is 167 Å². The molecule has 4 fully saturated rings. The van der Waals surface area contributed by atoms with E-state index in [0.717, 1.165) is 87.0 Å². The van der Waals surface area contributed by atoms with Gasteiger partial charge in [-0.3, -0.25) is 19.4 Å². The van der Waals surface area contributed by atoms with Gasteiger partial charge in [0.05, 0.1) is 50.0 Å². The van der Waals surface area contributed by atoms with Crippen LogP contribution in [0.1, 0.15) is 85.5 Å². The van der Waals surface area contributed by atoms with Gasteiger partial charge in [-0.1, -0.05) is 12.2 Å². The third-order valence-corrected chi connectivity index (χ3v) is 15.7. The van der Waals surface area contributed by atoms with E-state index in [9.17, 15) is 19.2 Å². The fraction of sp³-hybridized carbons (Fsp3) is 0.542. The van der Waals surface area contributed by atoms with Gasteiger partial charge < -0.3 is 47.4 Å². The molecule has 0 radical (unpaired) electrons. The Labute approximate surface area is 369 Å². The molecule has 0 amide bonds. The van der Waals surface area contributed by atoms with E-state index >= 15 is 0 Å². The Hall–Kier alpha value is -5.74. The zero-order chi connectivity index (χ0) is 43.6. The van der Waals surface area contributed by atoms with Crippen molar-refractivity contribution < 1.29 is 66.5 Å². The largest absolute Gasteiger partial charge is 0.497 e. The zero-order valence-electron chi connectivity index (χ0n) is 35.9. The van der Waals surface area contributed by atoms with Crippen molar-refractivity contribution >= 4 is 23.9 Å². The van der Waals surface area contributed by atoms with Gasteiger partial charge in [0.15, 0.2) is 35.2 Å². The molecule has 0 bridgehead atoms. The van der Waals surface area contributed by atoms with E-state index in [-0.39, 0.29) is 51.1 Å². The lowest BCUT2D eigenvalue weighted by molar-refractivity contribution is -0.211. The number of methoxy groups -OCH3 is 2. The minimum Gasteiger partial charge on any atom is -0.497 e. The Morgan fingerprint density at radius 3 is 1.44 bits per heavy atom. The SMILES string of the molecule is COC1=C[C@]23CCCN2CCc2cc4c(cc2[C@@H]3[C@@H]1OC(=O)[C@@]1(C/C=C/C[C@]2(C(=O)O[C@@H]3C(OC)=C[C@]56CCCN5CCc5cc7c(cc5[C@H]36)OCO7)CC(=O)O2)CC(=O)O1)OCO4. The molecule has 0 saturated carbocycles. The predicted molar refractivity (Wildman–Crippen MR) is 220 cm³/mol. The second-order valence-electron chi connectivity index (χ2n) is 18.8. The lowest BCUT2D eigenvalue weighted by atomic mass is 9.77.